The van der Waals surface area contributed by atoms with Crippen molar-refractivity contribution in [2.24, 2.45) is 0 Å². The van der Waals surface area contributed by atoms with E-state index >= 15 is 0 Å². The highest BCUT2D eigenvalue weighted by Gasteiger charge is 2.19. The molecule has 0 unspecified atom stereocenters. The summed E-state index contributed by atoms with van der Waals surface area (Å²) in [4.78, 5) is 38.0. The Kier molecular flexibility index (Phi) is 49.1. The Morgan fingerprint density at radius 3 is 0.985 bits per heavy atom. The molecule has 0 radical (unpaired) electrons. The molecule has 0 heterocycles. The number of hydrogen-bond donors (Lipinski definition) is 0. The Balaban J connectivity index is 4.63. The summed E-state index contributed by atoms with van der Waals surface area (Å²) in [5.41, 5.74) is 0. The van der Waals surface area contributed by atoms with Gasteiger partial charge in [-0.25, -0.2) is 0 Å². The highest BCUT2D eigenvalue weighted by atomic mass is 16.6. The van der Waals surface area contributed by atoms with Crippen LogP contribution < -0.4 is 0 Å². The lowest BCUT2D eigenvalue weighted by atomic mass is 10.1. The van der Waals surface area contributed by atoms with Gasteiger partial charge in [0.05, 0.1) is 0 Å². The van der Waals surface area contributed by atoms with E-state index in [-0.39, 0.29) is 38.0 Å². The third-order valence-electron chi connectivity index (χ3n) is 10.1. The molecule has 0 N–H and O–H groups in total. The molecule has 1 atom stereocenters. The maximum absolute atomic E-state index is 12.8. The molecule has 0 bridgehead atoms. The van der Waals surface area contributed by atoms with Crippen molar-refractivity contribution in [1.29, 1.82) is 0 Å². The SMILES string of the molecule is CC/C=C/C/C=C/C/C=C/C/C=C/C/C=C/CCCC(=O)OC[C@@H](COC(=O)CCCCCCC/C=C/C/C=C/CCCC)OC(=O)CCC/C=C/C/C=C/C/C=C/C/C=C/C/C=C/CC. The molecule has 0 saturated carbocycles. The van der Waals surface area contributed by atoms with Crippen LogP contribution in [0.15, 0.2) is 146 Å². The smallest absolute Gasteiger partial charge is 0.306 e. The zero-order valence-corrected chi connectivity index (χ0v) is 41.9. The van der Waals surface area contributed by atoms with Gasteiger partial charge in [-0.2, -0.15) is 0 Å². The molecule has 66 heavy (non-hydrogen) atoms. The molecule has 6 nitrogen and oxygen atoms in total. The van der Waals surface area contributed by atoms with Gasteiger partial charge in [0.2, 0.25) is 0 Å². The number of esters is 3. The molecule has 0 aromatic heterocycles. The first-order valence-corrected chi connectivity index (χ1v) is 25.8. The monoisotopic (exact) mass is 909 g/mol. The number of rotatable bonds is 44. The van der Waals surface area contributed by atoms with E-state index in [1.165, 1.54) is 19.3 Å². The zero-order valence-electron chi connectivity index (χ0n) is 41.9. The first-order valence-electron chi connectivity index (χ1n) is 25.8. The minimum atomic E-state index is -0.843. The van der Waals surface area contributed by atoms with Crippen molar-refractivity contribution in [2.75, 3.05) is 13.2 Å². The molecule has 6 heteroatoms. The highest BCUT2D eigenvalue weighted by molar-refractivity contribution is 5.71. The molecule has 0 aliphatic heterocycles. The van der Waals surface area contributed by atoms with Crippen molar-refractivity contribution in [3.8, 4) is 0 Å². The summed E-state index contributed by atoms with van der Waals surface area (Å²) < 4.78 is 16.7. The van der Waals surface area contributed by atoms with Gasteiger partial charge >= 0.3 is 17.9 Å². The summed E-state index contributed by atoms with van der Waals surface area (Å²) in [6, 6.07) is 0. The van der Waals surface area contributed by atoms with Crippen LogP contribution in [-0.2, 0) is 28.6 Å². The molecule has 0 amide bonds. The van der Waals surface area contributed by atoms with Crippen LogP contribution in [0.25, 0.3) is 0 Å². The van der Waals surface area contributed by atoms with E-state index in [9.17, 15) is 14.4 Å². The quantitative estimate of drug-likeness (QED) is 0.0262. The fraction of sp³-hybridized carbons (Fsp3) is 0.550. The van der Waals surface area contributed by atoms with Crippen molar-refractivity contribution < 1.29 is 28.6 Å². The zero-order chi connectivity index (χ0) is 47.9. The van der Waals surface area contributed by atoms with Gasteiger partial charge in [-0.3, -0.25) is 14.4 Å². The van der Waals surface area contributed by atoms with Crippen molar-refractivity contribution in [1.82, 2.24) is 0 Å². The number of ether oxygens (including phenoxy) is 3. The summed E-state index contributed by atoms with van der Waals surface area (Å²) in [5.74, 6) is -1.08. The van der Waals surface area contributed by atoms with Crippen LogP contribution in [0.4, 0.5) is 0 Å². The topological polar surface area (TPSA) is 78.9 Å². The molecule has 0 rings (SSSR count). The van der Waals surface area contributed by atoms with Crippen LogP contribution in [0.2, 0.25) is 0 Å². The molecule has 0 spiro atoms. The van der Waals surface area contributed by atoms with Crippen LogP contribution in [0.3, 0.4) is 0 Å². The summed E-state index contributed by atoms with van der Waals surface area (Å²) >= 11 is 0. The van der Waals surface area contributed by atoms with E-state index in [4.69, 9.17) is 14.2 Å². The number of carbonyl (C=O) groups is 3. The molecule has 0 saturated heterocycles. The van der Waals surface area contributed by atoms with E-state index in [0.29, 0.717) is 19.3 Å². The summed E-state index contributed by atoms with van der Waals surface area (Å²) in [6.45, 7) is 6.23. The third kappa shape index (κ3) is 50.3. The highest BCUT2D eigenvalue weighted by Crippen LogP contribution is 2.11. The predicted molar refractivity (Wildman–Crippen MR) is 283 cm³/mol. The maximum atomic E-state index is 12.8. The van der Waals surface area contributed by atoms with Crippen molar-refractivity contribution >= 4 is 17.9 Å². The fourth-order valence-corrected chi connectivity index (χ4v) is 6.23. The Morgan fingerprint density at radius 2 is 0.606 bits per heavy atom. The third-order valence-corrected chi connectivity index (χ3v) is 10.1. The van der Waals surface area contributed by atoms with Gasteiger partial charge in [0.15, 0.2) is 6.10 Å². The number of allylic oxidation sites excluding steroid dienone is 24. The van der Waals surface area contributed by atoms with E-state index in [0.717, 1.165) is 122 Å². The molecular formula is C60H92O6. The van der Waals surface area contributed by atoms with Crippen molar-refractivity contribution in [2.45, 2.75) is 200 Å². The molecule has 0 fully saturated rings. The van der Waals surface area contributed by atoms with E-state index < -0.39 is 12.1 Å². The Morgan fingerprint density at radius 1 is 0.318 bits per heavy atom. The number of unbranched alkanes of at least 4 members (excludes halogenated alkanes) is 9. The summed E-state index contributed by atoms with van der Waals surface area (Å²) in [6.07, 6.45) is 75.5. The number of carbonyl (C=O) groups excluding carboxylic acids is 3. The lowest BCUT2D eigenvalue weighted by molar-refractivity contribution is -0.167. The van der Waals surface area contributed by atoms with Crippen molar-refractivity contribution in [3.05, 3.63) is 146 Å². The molecule has 368 valence electrons. The van der Waals surface area contributed by atoms with Crippen LogP contribution in [0, 0.1) is 0 Å². The Bertz CT molecular complexity index is 1510. The lowest BCUT2D eigenvalue weighted by Gasteiger charge is -2.18. The molecule has 0 aromatic rings. The van der Waals surface area contributed by atoms with Crippen molar-refractivity contribution in [3.63, 3.8) is 0 Å². The fourth-order valence-electron chi connectivity index (χ4n) is 6.23. The maximum Gasteiger partial charge on any atom is 0.306 e. The molecular weight excluding hydrogens is 817 g/mol. The second kappa shape index (κ2) is 52.9. The molecule has 0 aliphatic rings. The van der Waals surface area contributed by atoms with E-state index in [1.807, 2.05) is 0 Å². The number of hydrogen-bond acceptors (Lipinski definition) is 6. The second-order valence-electron chi connectivity index (χ2n) is 16.3. The average molecular weight is 909 g/mol. The molecule has 0 aromatic carbocycles. The lowest BCUT2D eigenvalue weighted by Crippen LogP contribution is -2.30. The normalized spacial score (nSPS) is 13.3. The van der Waals surface area contributed by atoms with E-state index in [1.54, 1.807) is 0 Å². The van der Waals surface area contributed by atoms with E-state index in [2.05, 4.69) is 167 Å². The van der Waals surface area contributed by atoms with Crippen LogP contribution in [0.1, 0.15) is 194 Å². The first-order chi connectivity index (χ1) is 32.5. The minimum absolute atomic E-state index is 0.132. The summed E-state index contributed by atoms with van der Waals surface area (Å²) in [5, 5.41) is 0. The van der Waals surface area contributed by atoms with Gasteiger partial charge in [-0.15, -0.1) is 0 Å². The van der Waals surface area contributed by atoms with Gasteiger partial charge in [0.1, 0.15) is 13.2 Å². The van der Waals surface area contributed by atoms with Gasteiger partial charge in [-0.05, 0) is 122 Å². The minimum Gasteiger partial charge on any atom is -0.462 e. The predicted octanol–water partition coefficient (Wildman–Crippen LogP) is 17.3. The van der Waals surface area contributed by atoms with Crippen LogP contribution >= 0.6 is 0 Å². The Hall–Kier alpha value is -4.71. The van der Waals surface area contributed by atoms with Gasteiger partial charge in [0.25, 0.3) is 0 Å². The Labute approximate surface area is 404 Å². The standard InChI is InChI=1S/C60H92O6/c1-4-7-10-13-16-19-22-25-28-30-32-35-38-41-44-47-50-53-59(62)65-56-57(55-64-58(61)52-49-46-43-40-37-34-27-24-21-18-15-12-9-6-3)66-60(63)54-51-48-45-42-39-36-33-31-29-26-23-20-17-14-11-8-5-2/h7-8,10-11,15-20,24-29,32-33,35-36,41-42,44-45,57H,4-6,9,12-14,21-23,30-31,34,37-40,43,46-56H2,1-3H3/b10-7+,11-8+,18-15+,19-16+,20-17+,27-24+,28-25+,29-26+,35-32+,36-33+,44-41+,45-42+/t57-/m1/s1. The van der Waals surface area contributed by atoms with Crippen LogP contribution in [-0.4, -0.2) is 37.2 Å². The first kappa shape index (κ1) is 61.3. The van der Waals surface area contributed by atoms with Gasteiger partial charge in [0, 0.05) is 19.3 Å². The van der Waals surface area contributed by atoms with Crippen LogP contribution in [0.5, 0.6) is 0 Å². The summed E-state index contributed by atoms with van der Waals surface area (Å²) in [7, 11) is 0. The van der Waals surface area contributed by atoms with Gasteiger partial charge < -0.3 is 14.2 Å². The second-order valence-corrected chi connectivity index (χ2v) is 16.3. The average Bonchev–Trinajstić information content (AvgIpc) is 3.31. The van der Waals surface area contributed by atoms with Gasteiger partial charge in [-0.1, -0.05) is 199 Å². The molecule has 0 aliphatic carbocycles. The largest absolute Gasteiger partial charge is 0.462 e.